The Bertz CT molecular complexity index is 169. The molecule has 0 radical (unpaired) electrons. The Hall–Kier alpha value is -0.660. The molecular weight excluding hydrogens is 162 g/mol. The topological polar surface area (TPSA) is 28.0 Å². The van der Waals surface area contributed by atoms with Crippen molar-refractivity contribution in [1.82, 2.24) is 4.90 Å². The molecule has 0 aliphatic carbocycles. The van der Waals surface area contributed by atoms with Gasteiger partial charge in [-0.2, -0.15) is 0 Å². The first kappa shape index (κ1) is 12.3. The lowest BCUT2D eigenvalue weighted by atomic mass is 10.1. The summed E-state index contributed by atoms with van der Waals surface area (Å²) < 4.78 is 0. The molecule has 0 fully saturated rings. The summed E-state index contributed by atoms with van der Waals surface area (Å²) >= 11 is 0. The van der Waals surface area contributed by atoms with E-state index >= 15 is 0 Å². The zero-order chi connectivity index (χ0) is 10.1. The van der Waals surface area contributed by atoms with Crippen LogP contribution in [-0.4, -0.2) is 44.1 Å². The second-order valence-electron chi connectivity index (χ2n) is 3.36. The van der Waals surface area contributed by atoms with Crippen molar-refractivity contribution in [2.45, 2.75) is 32.7 Å². The lowest BCUT2D eigenvalue weighted by Gasteiger charge is -2.12. The molecule has 1 atom stereocenters. The van der Waals surface area contributed by atoms with Crippen molar-refractivity contribution in [3.8, 4) is 0 Å². The fraction of sp³-hybridized carbons (Fsp3) is 0.900. The number of hydrogen-bond donors (Lipinski definition) is 0. The largest absolute Gasteiger partial charge is 0.309 e. The summed E-state index contributed by atoms with van der Waals surface area (Å²) in [4.78, 5) is 10.4. The van der Waals surface area contributed by atoms with E-state index in [2.05, 4.69) is 41.9 Å². The van der Waals surface area contributed by atoms with Crippen molar-refractivity contribution in [3.63, 3.8) is 0 Å². The lowest BCUT2D eigenvalue weighted by Crippen LogP contribution is -2.17. The van der Waals surface area contributed by atoms with Gasteiger partial charge in [0.05, 0.1) is 12.1 Å². The first-order chi connectivity index (χ1) is 6.20. The molecular formula is C10H21N3. The molecule has 0 aliphatic rings. The van der Waals surface area contributed by atoms with Crippen LogP contribution in [0.25, 0.3) is 0 Å². The smallest absolute Gasteiger partial charge is 0.0895 e. The molecule has 76 valence electrons. The summed E-state index contributed by atoms with van der Waals surface area (Å²) in [6, 6.07) is 3.13. The minimum Gasteiger partial charge on any atom is -0.309 e. The Morgan fingerprint density at radius 1 is 1.31 bits per heavy atom. The molecule has 0 bridgehead atoms. The minimum atomic E-state index is 0.387. The van der Waals surface area contributed by atoms with Gasteiger partial charge in [-0.05, 0) is 40.4 Å². The van der Waals surface area contributed by atoms with E-state index in [0.29, 0.717) is 6.04 Å². The average Bonchev–Trinajstić information content (AvgIpc) is 2.10. The van der Waals surface area contributed by atoms with Crippen molar-refractivity contribution in [2.75, 3.05) is 27.2 Å². The van der Waals surface area contributed by atoms with Crippen LogP contribution in [-0.2, 0) is 0 Å². The van der Waals surface area contributed by atoms with Gasteiger partial charge in [0.25, 0.3) is 0 Å². The van der Waals surface area contributed by atoms with Crippen LogP contribution < -0.4 is 0 Å². The monoisotopic (exact) mass is 183 g/mol. The van der Waals surface area contributed by atoms with Gasteiger partial charge in [-0.25, -0.2) is 9.98 Å². The molecule has 0 saturated heterocycles. The first-order valence-electron chi connectivity index (χ1n) is 4.96. The zero-order valence-electron chi connectivity index (χ0n) is 9.25. The molecule has 0 aliphatic heterocycles. The molecule has 0 aromatic heterocycles. The predicted octanol–water partition coefficient (Wildman–Crippen LogP) is 1.91. The molecule has 0 amide bonds. The van der Waals surface area contributed by atoms with E-state index in [4.69, 9.17) is 0 Å². The summed E-state index contributed by atoms with van der Waals surface area (Å²) in [7, 11) is 4.16. The molecule has 0 aromatic rings. The van der Waals surface area contributed by atoms with Gasteiger partial charge >= 0.3 is 0 Å². The molecule has 0 aromatic carbocycles. The van der Waals surface area contributed by atoms with Crippen LogP contribution in [0.1, 0.15) is 26.7 Å². The molecule has 0 spiro atoms. The highest BCUT2D eigenvalue weighted by Gasteiger charge is 2.02. The van der Waals surface area contributed by atoms with E-state index < -0.39 is 0 Å². The standard InChI is InChI=1S/C10H21N3/c1-5-10(7-8-13(3)4)12-9-11-6-2/h10H,5-8H2,1-4H3. The fourth-order valence-electron chi connectivity index (χ4n) is 0.960. The number of nitrogens with zero attached hydrogens (tertiary/aromatic N) is 3. The quantitative estimate of drug-likeness (QED) is 0.578. The maximum atomic E-state index is 4.26. The van der Waals surface area contributed by atoms with Crippen LogP contribution >= 0.6 is 0 Å². The molecule has 3 heteroatoms. The molecule has 0 heterocycles. The summed E-state index contributed by atoms with van der Waals surface area (Å²) in [5.74, 6) is 0. The van der Waals surface area contributed by atoms with Crippen molar-refractivity contribution in [1.29, 1.82) is 0 Å². The number of hydrogen-bond acceptors (Lipinski definition) is 3. The first-order valence-corrected chi connectivity index (χ1v) is 4.96. The van der Waals surface area contributed by atoms with E-state index in [-0.39, 0.29) is 0 Å². The van der Waals surface area contributed by atoms with Gasteiger partial charge in [0.2, 0.25) is 0 Å². The van der Waals surface area contributed by atoms with E-state index in [0.717, 1.165) is 25.9 Å². The Morgan fingerprint density at radius 2 is 2.00 bits per heavy atom. The highest BCUT2D eigenvalue weighted by atomic mass is 15.1. The van der Waals surface area contributed by atoms with Crippen LogP contribution in [0.3, 0.4) is 0 Å². The third-order valence-corrected chi connectivity index (χ3v) is 1.85. The Labute approximate surface area is 81.6 Å². The predicted molar refractivity (Wildman–Crippen MR) is 57.7 cm³/mol. The van der Waals surface area contributed by atoms with Crippen LogP contribution in [0, 0.1) is 0 Å². The van der Waals surface area contributed by atoms with Crippen molar-refractivity contribution >= 4 is 6.01 Å². The molecule has 13 heavy (non-hydrogen) atoms. The maximum absolute atomic E-state index is 4.26. The second-order valence-corrected chi connectivity index (χ2v) is 3.36. The van der Waals surface area contributed by atoms with Crippen molar-refractivity contribution in [3.05, 3.63) is 0 Å². The van der Waals surface area contributed by atoms with Gasteiger partial charge in [0.15, 0.2) is 0 Å². The summed E-state index contributed by atoms with van der Waals surface area (Å²) in [6.07, 6.45) is 2.16. The second kappa shape index (κ2) is 7.96. The Kier molecular flexibility index (Phi) is 7.56. The summed E-state index contributed by atoms with van der Waals surface area (Å²) in [5, 5.41) is 0. The highest BCUT2D eigenvalue weighted by Crippen LogP contribution is 2.02. The summed E-state index contributed by atoms with van der Waals surface area (Å²) in [5.41, 5.74) is 0. The minimum absolute atomic E-state index is 0.387. The SMILES string of the molecule is CCN=C=NC(CC)CCN(C)C. The van der Waals surface area contributed by atoms with E-state index in [1.165, 1.54) is 0 Å². The molecule has 0 rings (SSSR count). The molecule has 3 nitrogen and oxygen atoms in total. The molecule has 0 N–H and O–H groups in total. The lowest BCUT2D eigenvalue weighted by molar-refractivity contribution is 0.379. The van der Waals surface area contributed by atoms with Crippen LogP contribution in [0.5, 0.6) is 0 Å². The number of aliphatic imine (C=N–C) groups is 2. The number of rotatable bonds is 6. The highest BCUT2D eigenvalue weighted by molar-refractivity contribution is 5.41. The third-order valence-electron chi connectivity index (χ3n) is 1.85. The van der Waals surface area contributed by atoms with Crippen LogP contribution in [0.4, 0.5) is 0 Å². The van der Waals surface area contributed by atoms with Gasteiger partial charge in [-0.1, -0.05) is 6.92 Å². The van der Waals surface area contributed by atoms with Crippen LogP contribution in [0.2, 0.25) is 0 Å². The van der Waals surface area contributed by atoms with Crippen molar-refractivity contribution in [2.24, 2.45) is 9.98 Å². The summed E-state index contributed by atoms with van der Waals surface area (Å²) in [6.45, 7) is 5.99. The van der Waals surface area contributed by atoms with Gasteiger partial charge in [0, 0.05) is 6.54 Å². The molecule has 1 unspecified atom stereocenters. The van der Waals surface area contributed by atoms with Crippen LogP contribution in [0.15, 0.2) is 9.98 Å². The fourth-order valence-corrected chi connectivity index (χ4v) is 0.960. The third kappa shape index (κ3) is 7.69. The van der Waals surface area contributed by atoms with Crippen molar-refractivity contribution < 1.29 is 0 Å². The normalized spacial score (nSPS) is 12.4. The Balaban J connectivity index is 3.82. The van der Waals surface area contributed by atoms with E-state index in [9.17, 15) is 0 Å². The Morgan fingerprint density at radius 3 is 2.46 bits per heavy atom. The van der Waals surface area contributed by atoms with E-state index in [1.807, 2.05) is 6.92 Å². The average molecular weight is 183 g/mol. The van der Waals surface area contributed by atoms with Gasteiger partial charge in [-0.15, -0.1) is 0 Å². The van der Waals surface area contributed by atoms with E-state index in [1.54, 1.807) is 0 Å². The van der Waals surface area contributed by atoms with Gasteiger partial charge in [0.1, 0.15) is 0 Å². The van der Waals surface area contributed by atoms with Gasteiger partial charge < -0.3 is 4.90 Å². The molecule has 0 saturated carbocycles. The zero-order valence-corrected chi connectivity index (χ0v) is 9.25. The maximum Gasteiger partial charge on any atom is 0.0895 e. The van der Waals surface area contributed by atoms with Gasteiger partial charge in [-0.3, -0.25) is 0 Å².